The zero-order valence-corrected chi connectivity index (χ0v) is 20.7. The molecule has 1 aromatic heterocycles. The quantitative estimate of drug-likeness (QED) is 0.401. The second kappa shape index (κ2) is 11.0. The summed E-state index contributed by atoms with van der Waals surface area (Å²) in [7, 11) is 1.50. The van der Waals surface area contributed by atoms with E-state index in [0.29, 0.717) is 11.3 Å². The maximum absolute atomic E-state index is 12.8. The average molecular weight is 559 g/mol. The highest BCUT2D eigenvalue weighted by Gasteiger charge is 2.47. The van der Waals surface area contributed by atoms with Crippen molar-refractivity contribution in [2.75, 3.05) is 19.0 Å². The van der Waals surface area contributed by atoms with Crippen molar-refractivity contribution in [2.24, 2.45) is 0 Å². The molecule has 1 aliphatic heterocycles. The summed E-state index contributed by atoms with van der Waals surface area (Å²) in [5, 5.41) is 2.43. The van der Waals surface area contributed by atoms with E-state index in [2.05, 4.69) is 26.2 Å². The van der Waals surface area contributed by atoms with Crippen molar-refractivity contribution in [1.29, 1.82) is 0 Å². The van der Waals surface area contributed by atoms with Crippen molar-refractivity contribution >= 4 is 51.2 Å². The minimum absolute atomic E-state index is 0.0544. The fourth-order valence-electron chi connectivity index (χ4n) is 3.21. The van der Waals surface area contributed by atoms with Gasteiger partial charge in [-0.25, -0.2) is 4.79 Å². The molecular weight excluding hydrogens is 538 g/mol. The van der Waals surface area contributed by atoms with Crippen LogP contribution >= 0.6 is 27.5 Å². The number of halogens is 2. The van der Waals surface area contributed by atoms with Crippen molar-refractivity contribution < 1.29 is 33.3 Å². The molecule has 0 unspecified atom stereocenters. The zero-order chi connectivity index (χ0) is 25.0. The normalized spacial score (nSPS) is 21.6. The van der Waals surface area contributed by atoms with Gasteiger partial charge >= 0.3 is 17.6 Å². The van der Waals surface area contributed by atoms with Crippen LogP contribution in [0.5, 0.6) is 5.75 Å². The number of rotatable bonds is 7. The minimum atomic E-state index is -1.11. The van der Waals surface area contributed by atoms with Gasteiger partial charge in [0.1, 0.15) is 18.5 Å². The number of carbonyl (C=O) groups excluding carboxylic acids is 3. The number of carbonyl (C=O) groups is 3. The number of aromatic nitrogens is 2. The van der Waals surface area contributed by atoms with E-state index in [9.17, 15) is 19.2 Å². The Balaban J connectivity index is 1.85. The molecule has 0 aliphatic carbocycles. The summed E-state index contributed by atoms with van der Waals surface area (Å²) in [6, 6.07) is 6.30. The van der Waals surface area contributed by atoms with Gasteiger partial charge in [-0.1, -0.05) is 27.5 Å². The SMILES string of the molecule is COc1ccc(C(=O)Nc2nc(=O)n([C@@H]3O[C@H](COC(C)=O)[C@H](Br)[C@H]3OC(C)=O)cc2Cl)cc1. The predicted octanol–water partition coefficient (Wildman–Crippen LogP) is 2.31. The number of benzene rings is 1. The monoisotopic (exact) mass is 557 g/mol. The number of nitrogens with one attached hydrogen (secondary N) is 1. The standard InChI is InChI=1S/C21H21BrClN3O8/c1-10(27)32-9-15-16(22)17(33-11(2)28)20(34-15)26-8-14(23)18(25-21(26)30)24-19(29)12-4-6-13(31-3)7-5-12/h4-8,15-17,20H,9H2,1-3H3,(H,24,25,29,30)/t15-,16+,17-,20-/m1/s1. The van der Waals surface area contributed by atoms with Crippen LogP contribution < -0.4 is 15.7 Å². The van der Waals surface area contributed by atoms with Gasteiger partial charge in [0, 0.05) is 25.6 Å². The molecule has 3 rings (SSSR count). The minimum Gasteiger partial charge on any atom is -0.497 e. The second-order valence-electron chi connectivity index (χ2n) is 7.20. The molecule has 4 atom stereocenters. The van der Waals surface area contributed by atoms with Crippen LogP contribution in [-0.2, 0) is 23.8 Å². The van der Waals surface area contributed by atoms with Crippen LogP contribution in [-0.4, -0.2) is 58.1 Å². The maximum atomic E-state index is 12.8. The van der Waals surface area contributed by atoms with E-state index in [0.717, 1.165) is 4.57 Å². The van der Waals surface area contributed by atoms with Gasteiger partial charge in [-0.2, -0.15) is 4.98 Å². The van der Waals surface area contributed by atoms with E-state index >= 15 is 0 Å². The number of methoxy groups -OCH3 is 1. The van der Waals surface area contributed by atoms with Gasteiger partial charge in [-0.3, -0.25) is 19.0 Å². The van der Waals surface area contributed by atoms with Gasteiger partial charge in [0.15, 0.2) is 18.1 Å². The van der Waals surface area contributed by atoms with Gasteiger partial charge in [-0.05, 0) is 24.3 Å². The Labute approximate surface area is 207 Å². The first-order chi connectivity index (χ1) is 16.1. The van der Waals surface area contributed by atoms with Crippen LogP contribution in [0.2, 0.25) is 5.02 Å². The van der Waals surface area contributed by atoms with E-state index in [-0.39, 0.29) is 17.4 Å². The molecule has 0 saturated carbocycles. The van der Waals surface area contributed by atoms with Gasteiger partial charge in [0.25, 0.3) is 5.91 Å². The highest BCUT2D eigenvalue weighted by atomic mass is 79.9. The number of ether oxygens (including phenoxy) is 4. The van der Waals surface area contributed by atoms with Crippen LogP contribution in [0.25, 0.3) is 0 Å². The Bertz CT molecular complexity index is 1140. The first-order valence-electron chi connectivity index (χ1n) is 9.95. The summed E-state index contributed by atoms with van der Waals surface area (Å²) in [5.74, 6) is -1.24. The molecule has 1 fully saturated rings. The van der Waals surface area contributed by atoms with Gasteiger partial charge in [-0.15, -0.1) is 0 Å². The van der Waals surface area contributed by atoms with E-state index < -0.39 is 46.8 Å². The molecule has 2 aromatic rings. The van der Waals surface area contributed by atoms with E-state index in [4.69, 9.17) is 30.5 Å². The number of hydrogen-bond donors (Lipinski definition) is 1. The molecule has 1 aliphatic rings. The third-order valence-electron chi connectivity index (χ3n) is 4.78. The molecule has 2 heterocycles. The molecular formula is C21H21BrClN3O8. The Kier molecular flexibility index (Phi) is 8.28. The van der Waals surface area contributed by atoms with Gasteiger partial charge in [0.2, 0.25) is 0 Å². The second-order valence-corrected chi connectivity index (χ2v) is 8.66. The summed E-state index contributed by atoms with van der Waals surface area (Å²) in [4.78, 5) is 51.4. The van der Waals surface area contributed by atoms with Crippen molar-refractivity contribution in [3.63, 3.8) is 0 Å². The van der Waals surface area contributed by atoms with E-state index in [1.54, 1.807) is 24.3 Å². The number of alkyl halides is 1. The molecule has 34 heavy (non-hydrogen) atoms. The summed E-state index contributed by atoms with van der Waals surface area (Å²) in [5.41, 5.74) is -0.517. The first kappa shape index (κ1) is 25.7. The molecule has 0 radical (unpaired) electrons. The largest absolute Gasteiger partial charge is 0.497 e. The third-order valence-corrected chi connectivity index (χ3v) is 6.17. The average Bonchev–Trinajstić information content (AvgIpc) is 3.09. The van der Waals surface area contributed by atoms with E-state index in [1.807, 2.05) is 0 Å². The van der Waals surface area contributed by atoms with Crippen molar-refractivity contribution in [3.05, 3.63) is 51.5 Å². The molecule has 1 N–H and O–H groups in total. The number of nitrogens with zero attached hydrogens (tertiary/aromatic N) is 2. The van der Waals surface area contributed by atoms with Crippen molar-refractivity contribution in [2.45, 2.75) is 37.1 Å². The Morgan fingerprint density at radius 3 is 2.47 bits per heavy atom. The summed E-state index contributed by atoms with van der Waals surface area (Å²) in [6.07, 6.45) is -1.57. The smallest absolute Gasteiger partial charge is 0.351 e. The molecule has 0 bridgehead atoms. The lowest BCUT2D eigenvalue weighted by molar-refractivity contribution is -0.153. The number of anilines is 1. The third kappa shape index (κ3) is 5.93. The van der Waals surface area contributed by atoms with Crippen LogP contribution in [0, 0.1) is 0 Å². The Morgan fingerprint density at radius 2 is 1.88 bits per heavy atom. The molecule has 182 valence electrons. The summed E-state index contributed by atoms with van der Waals surface area (Å²) < 4.78 is 22.3. The molecule has 13 heteroatoms. The van der Waals surface area contributed by atoms with Crippen LogP contribution in [0.4, 0.5) is 5.82 Å². The number of esters is 2. The highest BCUT2D eigenvalue weighted by molar-refractivity contribution is 9.09. The summed E-state index contributed by atoms with van der Waals surface area (Å²) in [6.45, 7) is 2.32. The maximum Gasteiger partial charge on any atom is 0.351 e. The van der Waals surface area contributed by atoms with Gasteiger partial charge in [0.05, 0.1) is 17.0 Å². The highest BCUT2D eigenvalue weighted by Crippen LogP contribution is 2.36. The van der Waals surface area contributed by atoms with Crippen molar-refractivity contribution in [1.82, 2.24) is 9.55 Å². The fourth-order valence-corrected chi connectivity index (χ4v) is 4.05. The molecule has 11 nitrogen and oxygen atoms in total. The van der Waals surface area contributed by atoms with Crippen molar-refractivity contribution in [3.8, 4) is 5.75 Å². The predicted molar refractivity (Wildman–Crippen MR) is 123 cm³/mol. The lowest BCUT2D eigenvalue weighted by Gasteiger charge is -2.22. The Morgan fingerprint density at radius 1 is 1.21 bits per heavy atom. The van der Waals surface area contributed by atoms with Crippen LogP contribution in [0.1, 0.15) is 30.4 Å². The number of hydrogen-bond acceptors (Lipinski definition) is 9. The Hall–Kier alpha value is -2.96. The molecule has 1 saturated heterocycles. The number of amides is 1. The lowest BCUT2D eigenvalue weighted by Crippen LogP contribution is -2.37. The topological polar surface area (TPSA) is 135 Å². The van der Waals surface area contributed by atoms with Crippen LogP contribution in [0.15, 0.2) is 35.3 Å². The molecule has 1 amide bonds. The fraction of sp³-hybridized carbons (Fsp3) is 0.381. The lowest BCUT2D eigenvalue weighted by atomic mass is 10.2. The van der Waals surface area contributed by atoms with Crippen LogP contribution in [0.3, 0.4) is 0 Å². The first-order valence-corrected chi connectivity index (χ1v) is 11.2. The van der Waals surface area contributed by atoms with Gasteiger partial charge < -0.3 is 24.3 Å². The molecule has 0 spiro atoms. The van der Waals surface area contributed by atoms with E-state index in [1.165, 1.54) is 27.2 Å². The molecule has 1 aromatic carbocycles. The zero-order valence-electron chi connectivity index (χ0n) is 18.3. The summed E-state index contributed by atoms with van der Waals surface area (Å²) >= 11 is 9.67.